The minimum absolute atomic E-state index is 0.0191. The Morgan fingerprint density at radius 1 is 1.24 bits per heavy atom. The van der Waals surface area contributed by atoms with Crippen LogP contribution in [-0.4, -0.2) is 79.6 Å². The number of amides is 1. The van der Waals surface area contributed by atoms with Gasteiger partial charge in [-0.25, -0.2) is 0 Å². The van der Waals surface area contributed by atoms with Crippen molar-refractivity contribution in [3.05, 3.63) is 47.9 Å². The summed E-state index contributed by atoms with van der Waals surface area (Å²) in [5.74, 6) is 0.978. The number of morpholine rings is 1. The fourth-order valence-electron chi connectivity index (χ4n) is 5.03. The van der Waals surface area contributed by atoms with Crippen LogP contribution in [0.2, 0.25) is 0 Å². The minimum Gasteiger partial charge on any atom is -0.379 e. The van der Waals surface area contributed by atoms with E-state index in [1.165, 1.54) is 25.1 Å². The molecule has 2 aliphatic carbocycles. The third-order valence-electron chi connectivity index (χ3n) is 6.86. The lowest BCUT2D eigenvalue weighted by atomic mass is 9.87. The fourth-order valence-corrected chi connectivity index (χ4v) is 5.03. The molecule has 1 N–H and O–H groups in total. The Morgan fingerprint density at radius 2 is 1.97 bits per heavy atom. The first-order valence-corrected chi connectivity index (χ1v) is 12.0. The van der Waals surface area contributed by atoms with Gasteiger partial charge in [0.25, 0.3) is 0 Å². The highest BCUT2D eigenvalue weighted by molar-refractivity contribution is 6.16. The van der Waals surface area contributed by atoms with Crippen LogP contribution < -0.4 is 5.32 Å². The Morgan fingerprint density at radius 3 is 2.62 bits per heavy atom. The van der Waals surface area contributed by atoms with Crippen molar-refractivity contribution in [2.75, 3.05) is 45.9 Å². The third kappa shape index (κ3) is 5.99. The lowest BCUT2D eigenvalue weighted by Crippen LogP contribution is -2.53. The number of hydrogen-bond donors (Lipinski definition) is 1. The number of carbonyl (C=O) groups excluding carboxylic acids is 1. The predicted octanol–water partition coefficient (Wildman–Crippen LogP) is 3.45. The highest BCUT2D eigenvalue weighted by atomic mass is 19.4. The van der Waals surface area contributed by atoms with Crippen molar-refractivity contribution >= 4 is 11.6 Å². The quantitative estimate of drug-likeness (QED) is 0.636. The number of halogens is 3. The molecule has 4 aliphatic rings. The second kappa shape index (κ2) is 10.5. The van der Waals surface area contributed by atoms with E-state index in [4.69, 9.17) is 4.74 Å². The summed E-state index contributed by atoms with van der Waals surface area (Å²) in [5.41, 5.74) is -0.0215. The molecule has 2 unspecified atom stereocenters. The normalized spacial score (nSPS) is 28.3. The summed E-state index contributed by atoms with van der Waals surface area (Å²) < 4.78 is 46.2. The van der Waals surface area contributed by atoms with Crippen LogP contribution in [-0.2, 0) is 9.53 Å². The van der Waals surface area contributed by atoms with Crippen molar-refractivity contribution in [1.29, 1.82) is 0 Å². The van der Waals surface area contributed by atoms with Gasteiger partial charge < -0.3 is 15.0 Å². The second-order valence-electron chi connectivity index (χ2n) is 9.46. The molecule has 1 amide bonds. The Hall–Kier alpha value is -2.39. The van der Waals surface area contributed by atoms with Crippen LogP contribution in [0.25, 0.3) is 0 Å². The molecule has 0 spiro atoms. The molecule has 0 radical (unpaired) electrons. The molecule has 6 nitrogen and oxygen atoms in total. The molecule has 34 heavy (non-hydrogen) atoms. The minimum atomic E-state index is -4.51. The van der Waals surface area contributed by atoms with E-state index in [0.29, 0.717) is 43.8 Å². The number of nitrogens with zero attached hydrogens (tertiary/aromatic N) is 3. The number of carbonyl (C=O) groups is 1. The zero-order valence-corrected chi connectivity index (χ0v) is 19.6. The Kier molecular flexibility index (Phi) is 7.62. The number of allylic oxidation sites excluding steroid dienone is 5. The van der Waals surface area contributed by atoms with Gasteiger partial charge in [0, 0.05) is 49.7 Å². The number of ether oxygens (including phenoxy) is 1. The van der Waals surface area contributed by atoms with Gasteiger partial charge in [-0.3, -0.25) is 14.7 Å². The zero-order valence-electron chi connectivity index (χ0n) is 19.6. The van der Waals surface area contributed by atoms with E-state index in [1.54, 1.807) is 13.0 Å². The van der Waals surface area contributed by atoms with Crippen molar-refractivity contribution in [2.24, 2.45) is 16.8 Å². The molecular formula is C25H33F3N4O2. The maximum absolute atomic E-state index is 13.6. The van der Waals surface area contributed by atoms with Crippen molar-refractivity contribution in [2.45, 2.75) is 38.4 Å². The number of hydrogen-bond acceptors (Lipinski definition) is 5. The van der Waals surface area contributed by atoms with Crippen molar-refractivity contribution in [3.8, 4) is 0 Å². The van der Waals surface area contributed by atoms with Crippen LogP contribution in [0, 0.1) is 11.8 Å². The van der Waals surface area contributed by atoms with E-state index in [1.807, 2.05) is 0 Å². The number of alkyl halides is 3. The molecule has 3 fully saturated rings. The summed E-state index contributed by atoms with van der Waals surface area (Å²) in [6.07, 6.45) is 4.26. The number of nitrogens with one attached hydrogen (secondary N) is 1. The molecule has 4 rings (SSSR count). The highest BCUT2D eigenvalue weighted by Crippen LogP contribution is 2.43. The maximum Gasteiger partial charge on any atom is 0.418 e. The van der Waals surface area contributed by atoms with E-state index < -0.39 is 11.7 Å². The largest absolute Gasteiger partial charge is 0.418 e. The van der Waals surface area contributed by atoms with E-state index in [-0.39, 0.29) is 23.2 Å². The summed E-state index contributed by atoms with van der Waals surface area (Å²) >= 11 is 0. The highest BCUT2D eigenvalue weighted by Gasteiger charge is 2.42. The summed E-state index contributed by atoms with van der Waals surface area (Å²) in [5, 5.41) is 3.18. The topological polar surface area (TPSA) is 57.2 Å². The first-order valence-electron chi connectivity index (χ1n) is 12.0. The van der Waals surface area contributed by atoms with Gasteiger partial charge in [0.1, 0.15) is 0 Å². The average Bonchev–Trinajstić information content (AvgIpc) is 3.63. The molecule has 2 atom stereocenters. The van der Waals surface area contributed by atoms with Crippen molar-refractivity contribution in [1.82, 2.24) is 15.1 Å². The number of rotatable bonds is 6. The third-order valence-corrected chi connectivity index (χ3v) is 6.86. The number of aliphatic imine (C=N–C) groups is 1. The van der Waals surface area contributed by atoms with Gasteiger partial charge in [0.2, 0.25) is 5.91 Å². The van der Waals surface area contributed by atoms with Crippen molar-refractivity contribution < 1.29 is 22.7 Å². The van der Waals surface area contributed by atoms with Crippen LogP contribution in [0.1, 0.15) is 26.2 Å². The second-order valence-corrected chi connectivity index (χ2v) is 9.46. The zero-order chi connectivity index (χ0) is 24.3. The van der Waals surface area contributed by atoms with Gasteiger partial charge in [0.05, 0.1) is 31.0 Å². The number of piperidine rings is 1. The summed E-state index contributed by atoms with van der Waals surface area (Å²) in [7, 11) is 0. The fraction of sp³-hybridized carbons (Fsp3) is 0.600. The van der Waals surface area contributed by atoms with Crippen LogP contribution in [0.3, 0.4) is 0 Å². The molecule has 1 saturated carbocycles. The predicted molar refractivity (Wildman–Crippen MR) is 125 cm³/mol. The number of likely N-dealkylation sites (tertiary alicyclic amines) is 1. The lowest BCUT2D eigenvalue weighted by molar-refractivity contribution is -0.124. The Labute approximate surface area is 198 Å². The van der Waals surface area contributed by atoms with Crippen LogP contribution >= 0.6 is 0 Å². The SMILES string of the molecule is C=C1C(N2CC(NC(=O)CN3CCOCC3)CC(C3CC3)C2)=CC=C(C(F)(F)F)C1=N/C=C\C. The van der Waals surface area contributed by atoms with E-state index in [0.717, 1.165) is 32.1 Å². The molecule has 2 heterocycles. The molecule has 0 aromatic carbocycles. The van der Waals surface area contributed by atoms with E-state index in [2.05, 4.69) is 26.7 Å². The van der Waals surface area contributed by atoms with Gasteiger partial charge in [-0.15, -0.1) is 0 Å². The smallest absolute Gasteiger partial charge is 0.379 e. The average molecular weight is 479 g/mol. The Balaban J connectivity index is 1.51. The molecular weight excluding hydrogens is 445 g/mol. The first-order chi connectivity index (χ1) is 16.3. The van der Waals surface area contributed by atoms with Crippen LogP contribution in [0.5, 0.6) is 0 Å². The van der Waals surface area contributed by atoms with Crippen LogP contribution in [0.15, 0.2) is 52.8 Å². The molecule has 186 valence electrons. The molecule has 2 saturated heterocycles. The molecule has 0 aromatic rings. The Bertz CT molecular complexity index is 912. The van der Waals surface area contributed by atoms with E-state index >= 15 is 0 Å². The van der Waals surface area contributed by atoms with Crippen molar-refractivity contribution in [3.63, 3.8) is 0 Å². The molecule has 9 heteroatoms. The van der Waals surface area contributed by atoms with Gasteiger partial charge in [-0.1, -0.05) is 12.7 Å². The molecule has 0 bridgehead atoms. The molecule has 0 aromatic heterocycles. The molecule has 2 aliphatic heterocycles. The summed E-state index contributed by atoms with van der Waals surface area (Å²) in [6.45, 7) is 10.1. The van der Waals surface area contributed by atoms with E-state index in [9.17, 15) is 18.0 Å². The summed E-state index contributed by atoms with van der Waals surface area (Å²) in [6, 6.07) is -0.0643. The van der Waals surface area contributed by atoms with Gasteiger partial charge in [-0.2, -0.15) is 13.2 Å². The monoisotopic (exact) mass is 478 g/mol. The lowest BCUT2D eigenvalue weighted by Gasteiger charge is -2.42. The van der Waals surface area contributed by atoms with Gasteiger partial charge in [-0.05, 0) is 50.2 Å². The standard InChI is InChI=1S/C25H33F3N4O2/c1-3-8-29-24-17(2)22(7-6-21(24)25(26,27)28)32-14-19(18-4-5-18)13-20(15-32)30-23(33)16-31-9-11-34-12-10-31/h3,6-8,18-20H,2,4-5,9-16H2,1H3,(H,30,33)/b8-3-,29-24?. The summed E-state index contributed by atoms with van der Waals surface area (Å²) in [4.78, 5) is 21.0. The first kappa shape index (κ1) is 24.7. The van der Waals surface area contributed by atoms with Gasteiger partial charge in [0.15, 0.2) is 0 Å². The van der Waals surface area contributed by atoms with Gasteiger partial charge >= 0.3 is 6.18 Å². The maximum atomic E-state index is 13.6. The van der Waals surface area contributed by atoms with Crippen LogP contribution in [0.4, 0.5) is 13.2 Å².